The second-order valence-electron chi connectivity index (χ2n) is 5.84. The van der Waals surface area contributed by atoms with Gasteiger partial charge in [0.25, 0.3) is 15.9 Å². The number of carbonyl (C=O) groups is 1. The highest BCUT2D eigenvalue weighted by Gasteiger charge is 2.25. The van der Waals surface area contributed by atoms with Crippen molar-refractivity contribution < 1.29 is 22.5 Å². The van der Waals surface area contributed by atoms with Crippen LogP contribution in [0.3, 0.4) is 0 Å². The fourth-order valence-electron chi connectivity index (χ4n) is 2.72. The topological polar surface area (TPSA) is 123 Å². The molecule has 1 amide bonds. The van der Waals surface area contributed by atoms with E-state index in [1.54, 1.807) is 30.5 Å². The summed E-state index contributed by atoms with van der Waals surface area (Å²) in [5.41, 5.74) is 2.12. The highest BCUT2D eigenvalue weighted by Crippen LogP contribution is 2.34. The normalized spacial score (nSPS) is 13.6. The van der Waals surface area contributed by atoms with Crippen molar-refractivity contribution in [1.29, 1.82) is 0 Å². The van der Waals surface area contributed by atoms with Crippen LogP contribution < -0.4 is 14.8 Å². The minimum Gasteiger partial charge on any atom is -0.482 e. The molecule has 0 unspecified atom stereocenters. The molecule has 0 spiro atoms. The van der Waals surface area contributed by atoms with Crippen molar-refractivity contribution >= 4 is 38.1 Å². The Morgan fingerprint density at radius 2 is 2.11 bits per heavy atom. The maximum atomic E-state index is 12.6. The van der Waals surface area contributed by atoms with Gasteiger partial charge in [0.05, 0.1) is 11.4 Å². The van der Waals surface area contributed by atoms with Crippen molar-refractivity contribution in [2.45, 2.75) is 18.7 Å². The molecule has 0 atom stereocenters. The fraction of sp³-hybridized carbons (Fsp3) is 0.188. The largest absolute Gasteiger partial charge is 0.482 e. The van der Waals surface area contributed by atoms with Crippen LogP contribution in [0.2, 0.25) is 0 Å². The molecule has 0 radical (unpaired) electrons. The molecule has 0 saturated heterocycles. The summed E-state index contributed by atoms with van der Waals surface area (Å²) in [5, 5.41) is 8.33. The van der Waals surface area contributed by atoms with Gasteiger partial charge in [0.15, 0.2) is 22.4 Å². The summed E-state index contributed by atoms with van der Waals surface area (Å²) in [6, 6.07) is 5.25. The van der Waals surface area contributed by atoms with Crippen LogP contribution in [0.1, 0.15) is 11.5 Å². The molecule has 3 aromatic rings. The number of carbonyl (C=O) groups excluding carboxylic acids is 1. The summed E-state index contributed by atoms with van der Waals surface area (Å²) in [5.74, 6) is 0.556. The molecule has 0 saturated carbocycles. The predicted molar refractivity (Wildman–Crippen MR) is 98.5 cm³/mol. The number of ether oxygens (including phenoxy) is 1. The first-order chi connectivity index (χ1) is 12.8. The Bertz CT molecular complexity index is 1130. The molecular formula is C16H14N4O5S2. The first kappa shape index (κ1) is 17.5. The van der Waals surface area contributed by atoms with E-state index < -0.39 is 10.0 Å². The van der Waals surface area contributed by atoms with Gasteiger partial charge in [0.1, 0.15) is 11.4 Å². The Morgan fingerprint density at radius 1 is 1.30 bits per heavy atom. The second kappa shape index (κ2) is 6.35. The van der Waals surface area contributed by atoms with Gasteiger partial charge >= 0.3 is 0 Å². The number of thiazole rings is 1. The predicted octanol–water partition coefficient (Wildman–Crippen LogP) is 2.55. The van der Waals surface area contributed by atoms with E-state index in [-0.39, 0.29) is 34.0 Å². The zero-order chi connectivity index (χ0) is 19.2. The Morgan fingerprint density at radius 3 is 2.85 bits per heavy atom. The first-order valence-electron chi connectivity index (χ1n) is 7.82. The van der Waals surface area contributed by atoms with Gasteiger partial charge in [-0.1, -0.05) is 5.16 Å². The highest BCUT2D eigenvalue weighted by molar-refractivity contribution is 7.93. The molecule has 2 N–H and O–H groups in total. The van der Waals surface area contributed by atoms with Gasteiger partial charge < -0.3 is 14.6 Å². The molecule has 27 heavy (non-hydrogen) atoms. The lowest BCUT2D eigenvalue weighted by molar-refractivity contribution is -0.118. The van der Waals surface area contributed by atoms with Gasteiger partial charge in [-0.3, -0.25) is 9.52 Å². The Labute approximate surface area is 158 Å². The smallest absolute Gasteiger partial charge is 0.269 e. The third-order valence-electron chi connectivity index (χ3n) is 3.87. The number of nitrogens with one attached hydrogen (secondary N) is 2. The van der Waals surface area contributed by atoms with Crippen LogP contribution in [0, 0.1) is 13.8 Å². The number of rotatable bonds is 4. The standard InChI is InChI=1S/C16H14N4O5S2/c1-8-15(9(2)25-19-8)27(22,23)20-16-18-12(7-26-16)10-3-4-13-11(5-10)17-14(21)6-24-13/h3-5,7H,6H2,1-2H3,(H,17,21)(H,18,20). The van der Waals surface area contributed by atoms with E-state index >= 15 is 0 Å². The van der Waals surface area contributed by atoms with E-state index in [9.17, 15) is 13.2 Å². The molecule has 9 nitrogen and oxygen atoms in total. The quantitative estimate of drug-likeness (QED) is 0.682. The average molecular weight is 406 g/mol. The van der Waals surface area contributed by atoms with Crippen molar-refractivity contribution in [3.63, 3.8) is 0 Å². The molecule has 1 aliphatic rings. The molecule has 4 rings (SSSR count). The number of aromatic nitrogens is 2. The number of aryl methyl sites for hydroxylation is 2. The summed E-state index contributed by atoms with van der Waals surface area (Å²) in [6.45, 7) is 3.07. The van der Waals surface area contributed by atoms with Crippen LogP contribution in [-0.4, -0.2) is 31.1 Å². The maximum Gasteiger partial charge on any atom is 0.269 e. The van der Waals surface area contributed by atoms with Crippen LogP contribution in [0.25, 0.3) is 11.3 Å². The molecular weight excluding hydrogens is 392 g/mol. The van der Waals surface area contributed by atoms with Crippen LogP contribution >= 0.6 is 11.3 Å². The van der Waals surface area contributed by atoms with Gasteiger partial charge in [0.2, 0.25) is 0 Å². The number of nitrogens with zero attached hydrogens (tertiary/aromatic N) is 2. The lowest BCUT2D eigenvalue weighted by Crippen LogP contribution is -2.25. The van der Waals surface area contributed by atoms with Crippen molar-refractivity contribution in [3.8, 4) is 17.0 Å². The van der Waals surface area contributed by atoms with Crippen molar-refractivity contribution in [1.82, 2.24) is 10.1 Å². The minimum absolute atomic E-state index is 0.00731. The van der Waals surface area contributed by atoms with Gasteiger partial charge in [0, 0.05) is 10.9 Å². The molecule has 140 valence electrons. The molecule has 2 aromatic heterocycles. The highest BCUT2D eigenvalue weighted by atomic mass is 32.2. The number of fused-ring (bicyclic) bond motifs is 1. The SMILES string of the molecule is Cc1noc(C)c1S(=O)(=O)Nc1nc(-c2ccc3c(c2)NC(=O)CO3)cs1. The number of amides is 1. The molecule has 0 fully saturated rings. The van der Waals surface area contributed by atoms with Crippen LogP contribution in [0.4, 0.5) is 10.8 Å². The average Bonchev–Trinajstić information content (AvgIpc) is 3.20. The summed E-state index contributed by atoms with van der Waals surface area (Å²) in [4.78, 5) is 15.8. The number of hydrogen-bond acceptors (Lipinski definition) is 8. The van der Waals surface area contributed by atoms with Crippen molar-refractivity contribution in [2.24, 2.45) is 0 Å². The monoisotopic (exact) mass is 406 g/mol. The molecule has 0 bridgehead atoms. The van der Waals surface area contributed by atoms with Crippen LogP contribution in [0.15, 0.2) is 33.0 Å². The Hall–Kier alpha value is -2.92. The fourth-order valence-corrected chi connectivity index (χ4v) is 5.02. The van der Waals surface area contributed by atoms with E-state index in [2.05, 4.69) is 20.2 Å². The Kier molecular flexibility index (Phi) is 4.12. The molecule has 0 aliphatic carbocycles. The van der Waals surface area contributed by atoms with Crippen LogP contribution in [-0.2, 0) is 14.8 Å². The van der Waals surface area contributed by atoms with Gasteiger partial charge in [-0.2, -0.15) is 0 Å². The number of benzene rings is 1. The molecule has 3 heterocycles. The third-order valence-corrected chi connectivity index (χ3v) is 6.34. The summed E-state index contributed by atoms with van der Waals surface area (Å²) >= 11 is 1.15. The third kappa shape index (κ3) is 3.26. The minimum atomic E-state index is -3.86. The van der Waals surface area contributed by atoms with E-state index in [0.29, 0.717) is 17.1 Å². The Balaban J connectivity index is 1.61. The summed E-state index contributed by atoms with van der Waals surface area (Å²) < 4.78 is 37.8. The molecule has 11 heteroatoms. The van der Waals surface area contributed by atoms with E-state index in [1.165, 1.54) is 6.92 Å². The van der Waals surface area contributed by atoms with Gasteiger partial charge in [-0.15, -0.1) is 11.3 Å². The zero-order valence-electron chi connectivity index (χ0n) is 14.3. The zero-order valence-corrected chi connectivity index (χ0v) is 15.9. The van der Waals surface area contributed by atoms with Gasteiger partial charge in [-0.05, 0) is 32.0 Å². The number of sulfonamides is 1. The summed E-state index contributed by atoms with van der Waals surface area (Å²) in [7, 11) is -3.86. The molecule has 1 aromatic carbocycles. The van der Waals surface area contributed by atoms with E-state index in [0.717, 1.165) is 16.9 Å². The van der Waals surface area contributed by atoms with Crippen molar-refractivity contribution in [2.75, 3.05) is 16.6 Å². The number of anilines is 2. The second-order valence-corrected chi connectivity index (χ2v) is 8.32. The molecule has 1 aliphatic heterocycles. The van der Waals surface area contributed by atoms with E-state index in [4.69, 9.17) is 9.26 Å². The van der Waals surface area contributed by atoms with Crippen LogP contribution in [0.5, 0.6) is 5.75 Å². The summed E-state index contributed by atoms with van der Waals surface area (Å²) in [6.07, 6.45) is 0. The number of hydrogen-bond donors (Lipinski definition) is 2. The first-order valence-corrected chi connectivity index (χ1v) is 10.2. The van der Waals surface area contributed by atoms with Gasteiger partial charge in [-0.25, -0.2) is 13.4 Å². The van der Waals surface area contributed by atoms with E-state index in [1.807, 2.05) is 0 Å². The lowest BCUT2D eigenvalue weighted by atomic mass is 10.1. The lowest BCUT2D eigenvalue weighted by Gasteiger charge is -2.18. The maximum absolute atomic E-state index is 12.6. The van der Waals surface area contributed by atoms with Crippen molar-refractivity contribution in [3.05, 3.63) is 35.0 Å².